The molecule has 0 bridgehead atoms. The van der Waals surface area contributed by atoms with Gasteiger partial charge in [-0.3, -0.25) is 9.59 Å². The maximum Gasteiger partial charge on any atom is 0.305 e. The average molecular weight is 926 g/mol. The summed E-state index contributed by atoms with van der Waals surface area (Å²) < 4.78 is 28.0. The highest BCUT2D eigenvalue weighted by molar-refractivity contribution is 7.82. The minimum atomic E-state index is -0.935. The van der Waals surface area contributed by atoms with E-state index >= 15 is 0 Å². The zero-order valence-electron chi connectivity index (χ0n) is 44.2. The van der Waals surface area contributed by atoms with Gasteiger partial charge in [-0.15, -0.1) is 0 Å². The lowest BCUT2D eigenvalue weighted by Crippen LogP contribution is -2.39. The zero-order chi connectivity index (χ0) is 47.1. The van der Waals surface area contributed by atoms with E-state index in [-0.39, 0.29) is 11.9 Å². The van der Waals surface area contributed by atoms with Crippen molar-refractivity contribution in [3.8, 4) is 0 Å². The van der Waals surface area contributed by atoms with Gasteiger partial charge in [0.05, 0.1) is 24.2 Å². The van der Waals surface area contributed by atoms with Crippen molar-refractivity contribution in [2.24, 2.45) is 11.8 Å². The molecule has 3 atom stereocenters. The van der Waals surface area contributed by atoms with Crippen LogP contribution in [-0.4, -0.2) is 77.5 Å². The number of hydrogen-bond acceptors (Lipinski definition) is 6. The molecule has 0 aliphatic rings. The van der Waals surface area contributed by atoms with Crippen LogP contribution in [0.15, 0.2) is 0 Å². The monoisotopic (exact) mass is 925 g/mol. The van der Waals surface area contributed by atoms with Gasteiger partial charge in [-0.2, -0.15) is 0 Å². The van der Waals surface area contributed by atoms with Gasteiger partial charge in [0.15, 0.2) is 0 Å². The van der Waals surface area contributed by atoms with E-state index in [2.05, 4.69) is 57.9 Å². The van der Waals surface area contributed by atoms with E-state index in [1.807, 2.05) is 0 Å². The predicted octanol–water partition coefficient (Wildman–Crippen LogP) is 16.5. The van der Waals surface area contributed by atoms with Crippen molar-refractivity contribution in [3.05, 3.63) is 0 Å². The molecule has 0 aliphatic carbocycles. The molecule has 382 valence electrons. The summed E-state index contributed by atoms with van der Waals surface area (Å²) in [5.41, 5.74) is 0. The van der Waals surface area contributed by atoms with Crippen molar-refractivity contribution in [2.75, 3.05) is 46.2 Å². The van der Waals surface area contributed by atoms with Crippen LogP contribution >= 0.6 is 0 Å². The number of rotatable bonds is 51. The Bertz CT molecular complexity index is 971. The Hall–Kier alpha value is -0.990. The molecule has 0 fully saturated rings. The number of unbranched alkanes of at least 4 members (excludes halogenated alkanes) is 23. The molecular formula is C56H112N2O5S. The SMILES string of the molecule is CCCCCCCCS(=O)N(CCCN(C)C)C(CCCCCCCCC(=O)OCC(CCCC)CCCCCC)CCCCCCCCC(=O)OCC(CCCC)CCCCCC. The molecule has 0 radical (unpaired) electrons. The van der Waals surface area contributed by atoms with E-state index in [9.17, 15) is 13.8 Å². The maximum atomic E-state index is 14.0. The molecule has 8 heteroatoms. The lowest BCUT2D eigenvalue weighted by Gasteiger charge is -2.31. The molecule has 0 aromatic heterocycles. The van der Waals surface area contributed by atoms with E-state index in [0.717, 1.165) is 70.2 Å². The van der Waals surface area contributed by atoms with Crippen LogP contribution in [0.1, 0.15) is 285 Å². The first kappa shape index (κ1) is 63.0. The number of nitrogens with zero attached hydrogens (tertiary/aromatic N) is 2. The van der Waals surface area contributed by atoms with E-state index in [0.29, 0.717) is 43.9 Å². The predicted molar refractivity (Wildman–Crippen MR) is 279 cm³/mol. The van der Waals surface area contributed by atoms with Gasteiger partial charge in [-0.05, 0) is 96.7 Å². The van der Waals surface area contributed by atoms with Gasteiger partial charge in [0, 0.05) is 31.2 Å². The van der Waals surface area contributed by atoms with Crippen LogP contribution in [0.25, 0.3) is 0 Å². The first-order valence-electron chi connectivity index (χ1n) is 28.3. The average Bonchev–Trinajstić information content (AvgIpc) is 3.28. The van der Waals surface area contributed by atoms with Gasteiger partial charge < -0.3 is 14.4 Å². The second-order valence-electron chi connectivity index (χ2n) is 20.1. The van der Waals surface area contributed by atoms with Crippen LogP contribution in [0.3, 0.4) is 0 Å². The zero-order valence-corrected chi connectivity index (χ0v) is 45.0. The minimum absolute atomic E-state index is 0.00391. The van der Waals surface area contributed by atoms with Gasteiger partial charge in [0.2, 0.25) is 0 Å². The molecule has 3 unspecified atom stereocenters. The van der Waals surface area contributed by atoms with Gasteiger partial charge in [0.1, 0.15) is 0 Å². The fraction of sp³-hybridized carbons (Fsp3) is 0.964. The van der Waals surface area contributed by atoms with Gasteiger partial charge in [-0.1, -0.05) is 208 Å². The Morgan fingerprint density at radius 3 is 1.17 bits per heavy atom. The topological polar surface area (TPSA) is 76.2 Å². The summed E-state index contributed by atoms with van der Waals surface area (Å²) in [6.07, 6.45) is 45.1. The fourth-order valence-corrected chi connectivity index (χ4v) is 10.7. The number of esters is 2. The second-order valence-corrected chi connectivity index (χ2v) is 21.7. The third-order valence-electron chi connectivity index (χ3n) is 13.5. The Morgan fingerprint density at radius 1 is 0.406 bits per heavy atom. The van der Waals surface area contributed by atoms with Crippen molar-refractivity contribution in [2.45, 2.75) is 291 Å². The Labute approximate surface area is 402 Å². The number of hydrogen-bond donors (Lipinski definition) is 0. The van der Waals surface area contributed by atoms with Crippen LogP contribution in [-0.2, 0) is 30.0 Å². The number of carbonyl (C=O) groups excluding carboxylic acids is 2. The van der Waals surface area contributed by atoms with Gasteiger partial charge in [0.25, 0.3) is 0 Å². The normalized spacial score (nSPS) is 13.7. The molecule has 0 N–H and O–H groups in total. The van der Waals surface area contributed by atoms with Crippen LogP contribution in [0, 0.1) is 11.8 Å². The highest BCUT2D eigenvalue weighted by atomic mass is 32.2. The summed E-state index contributed by atoms with van der Waals surface area (Å²) in [7, 11) is 3.35. The molecule has 0 aromatic carbocycles. The van der Waals surface area contributed by atoms with Gasteiger partial charge in [-0.25, -0.2) is 8.51 Å². The minimum Gasteiger partial charge on any atom is -0.465 e. The van der Waals surface area contributed by atoms with Crippen LogP contribution in [0.2, 0.25) is 0 Å². The van der Waals surface area contributed by atoms with Crippen LogP contribution < -0.4 is 0 Å². The third kappa shape index (κ3) is 41.2. The van der Waals surface area contributed by atoms with Crippen molar-refractivity contribution in [1.29, 1.82) is 0 Å². The summed E-state index contributed by atoms with van der Waals surface area (Å²) in [5.74, 6) is 1.84. The highest BCUT2D eigenvalue weighted by Crippen LogP contribution is 2.24. The number of ether oxygens (including phenoxy) is 2. The lowest BCUT2D eigenvalue weighted by molar-refractivity contribution is -0.146. The van der Waals surface area contributed by atoms with E-state index in [4.69, 9.17) is 9.47 Å². The molecule has 0 rings (SSSR count). The third-order valence-corrected chi connectivity index (χ3v) is 15.1. The second kappa shape index (κ2) is 48.5. The molecule has 0 amide bonds. The molecule has 0 aromatic rings. The fourth-order valence-electron chi connectivity index (χ4n) is 9.15. The molecule has 7 nitrogen and oxygen atoms in total. The summed E-state index contributed by atoms with van der Waals surface area (Å²) in [5, 5.41) is 0. The molecule has 0 spiro atoms. The molecular weight excluding hydrogens is 813 g/mol. The van der Waals surface area contributed by atoms with Crippen molar-refractivity contribution < 1.29 is 23.3 Å². The number of carbonyl (C=O) groups is 2. The van der Waals surface area contributed by atoms with Crippen LogP contribution in [0.4, 0.5) is 0 Å². The van der Waals surface area contributed by atoms with E-state index in [1.54, 1.807) is 0 Å². The van der Waals surface area contributed by atoms with E-state index in [1.165, 1.54) is 186 Å². The van der Waals surface area contributed by atoms with Crippen molar-refractivity contribution in [3.63, 3.8) is 0 Å². The molecule has 0 aliphatic heterocycles. The summed E-state index contributed by atoms with van der Waals surface area (Å²) in [6.45, 7) is 14.4. The largest absolute Gasteiger partial charge is 0.465 e. The van der Waals surface area contributed by atoms with Crippen molar-refractivity contribution >= 4 is 22.9 Å². The molecule has 64 heavy (non-hydrogen) atoms. The van der Waals surface area contributed by atoms with Crippen LogP contribution in [0.5, 0.6) is 0 Å². The van der Waals surface area contributed by atoms with Crippen molar-refractivity contribution in [1.82, 2.24) is 9.21 Å². The first-order valence-corrected chi connectivity index (χ1v) is 29.6. The Kier molecular flexibility index (Phi) is 47.7. The lowest BCUT2D eigenvalue weighted by atomic mass is 9.96. The molecule has 0 heterocycles. The molecule has 0 saturated carbocycles. The summed E-state index contributed by atoms with van der Waals surface area (Å²) in [6, 6.07) is 0.369. The Morgan fingerprint density at radius 2 is 0.750 bits per heavy atom. The Balaban J connectivity index is 4.96. The first-order chi connectivity index (χ1) is 31.2. The summed E-state index contributed by atoms with van der Waals surface area (Å²) in [4.78, 5) is 27.4. The van der Waals surface area contributed by atoms with E-state index < -0.39 is 11.0 Å². The highest BCUT2D eigenvalue weighted by Gasteiger charge is 2.23. The molecule has 0 saturated heterocycles. The maximum absolute atomic E-state index is 14.0. The quantitative estimate of drug-likeness (QED) is 0.0447. The smallest absolute Gasteiger partial charge is 0.305 e. The van der Waals surface area contributed by atoms with Gasteiger partial charge >= 0.3 is 11.9 Å². The standard InChI is InChI=1S/C56H112N2O5S/c1-8-13-18-21-30-37-49-64(61)58(48-38-47-57(6)7)54(43-33-26-22-24-28-35-45-55(59)62-50-52(39-16-11-4)41-31-19-14-9-2)44-34-27-23-25-29-36-46-56(60)63-51-53(40-17-12-5)42-32-20-15-10-3/h52-54H,8-51H2,1-7H3. The summed E-state index contributed by atoms with van der Waals surface area (Å²) >= 11 is 0.